The molecule has 1 N–H and O–H groups in total. The van der Waals surface area contributed by atoms with Crippen LogP contribution < -0.4 is 0 Å². The van der Waals surface area contributed by atoms with Gasteiger partial charge in [0.05, 0.1) is 11.9 Å². The smallest absolute Gasteiger partial charge is 0.156 e. The maximum absolute atomic E-state index is 13.6. The van der Waals surface area contributed by atoms with E-state index in [4.69, 9.17) is 4.98 Å². The fraction of sp³-hybridized carbons (Fsp3) is 0.0417. The number of halogens is 1. The molecule has 3 heterocycles. The fourth-order valence-electron chi connectivity index (χ4n) is 3.66. The van der Waals surface area contributed by atoms with Crippen molar-refractivity contribution in [3.63, 3.8) is 0 Å². The van der Waals surface area contributed by atoms with Crippen LogP contribution in [0.15, 0.2) is 85.3 Å². The number of nitrogens with zero attached hydrogens (tertiary/aromatic N) is 3. The Bertz CT molecular complexity index is 1260. The summed E-state index contributed by atoms with van der Waals surface area (Å²) in [6, 6.07) is 20.7. The van der Waals surface area contributed by atoms with Crippen molar-refractivity contribution in [2.45, 2.75) is 6.42 Å². The van der Waals surface area contributed by atoms with Gasteiger partial charge in [0.15, 0.2) is 5.65 Å². The van der Waals surface area contributed by atoms with Crippen molar-refractivity contribution in [2.75, 3.05) is 0 Å². The molecule has 5 heteroatoms. The van der Waals surface area contributed by atoms with Crippen LogP contribution in [0.25, 0.3) is 33.4 Å². The number of hydrogen-bond acceptors (Lipinski definition) is 3. The van der Waals surface area contributed by atoms with Gasteiger partial charge in [-0.05, 0) is 59.5 Å². The molecule has 0 aliphatic carbocycles. The number of pyridine rings is 2. The Balaban J connectivity index is 1.83. The van der Waals surface area contributed by atoms with Crippen LogP contribution in [0, 0.1) is 5.82 Å². The molecule has 2 aromatic carbocycles. The predicted octanol–water partition coefficient (Wildman–Crippen LogP) is 5.42. The summed E-state index contributed by atoms with van der Waals surface area (Å²) in [5, 5.41) is 8.20. The lowest BCUT2D eigenvalue weighted by atomic mass is 9.90. The first kappa shape index (κ1) is 17.3. The molecule has 3 aromatic heterocycles. The molecular formula is C24H17FN4. The zero-order valence-corrected chi connectivity index (χ0v) is 15.5. The fourth-order valence-corrected chi connectivity index (χ4v) is 3.66. The molecule has 0 fully saturated rings. The van der Waals surface area contributed by atoms with E-state index in [2.05, 4.69) is 27.3 Å². The summed E-state index contributed by atoms with van der Waals surface area (Å²) >= 11 is 0. The molecule has 0 saturated carbocycles. The van der Waals surface area contributed by atoms with Crippen LogP contribution >= 0.6 is 0 Å². The number of aromatic amines is 1. The van der Waals surface area contributed by atoms with E-state index in [1.54, 1.807) is 24.5 Å². The zero-order chi connectivity index (χ0) is 19.6. The van der Waals surface area contributed by atoms with E-state index in [1.165, 1.54) is 17.7 Å². The predicted molar refractivity (Wildman–Crippen MR) is 112 cm³/mol. The molecule has 0 bridgehead atoms. The Labute approximate surface area is 167 Å². The molecule has 0 amide bonds. The van der Waals surface area contributed by atoms with Gasteiger partial charge >= 0.3 is 0 Å². The van der Waals surface area contributed by atoms with E-state index in [1.807, 2.05) is 36.5 Å². The van der Waals surface area contributed by atoms with Gasteiger partial charge in [-0.1, -0.05) is 30.3 Å². The molecule has 0 radical (unpaired) electrons. The summed E-state index contributed by atoms with van der Waals surface area (Å²) in [4.78, 5) is 9.02. The van der Waals surface area contributed by atoms with Crippen LogP contribution in [0.5, 0.6) is 0 Å². The molecule has 0 unspecified atom stereocenters. The third-order valence-corrected chi connectivity index (χ3v) is 5.02. The van der Waals surface area contributed by atoms with Crippen LogP contribution in [0.2, 0.25) is 0 Å². The summed E-state index contributed by atoms with van der Waals surface area (Å²) in [5.74, 6) is -0.272. The molecule has 4 nitrogen and oxygen atoms in total. The third-order valence-electron chi connectivity index (χ3n) is 5.02. The highest BCUT2D eigenvalue weighted by molar-refractivity contribution is 5.94. The zero-order valence-electron chi connectivity index (χ0n) is 15.5. The van der Waals surface area contributed by atoms with E-state index in [0.717, 1.165) is 39.8 Å². The van der Waals surface area contributed by atoms with E-state index >= 15 is 0 Å². The number of hydrogen-bond donors (Lipinski definition) is 1. The highest BCUT2D eigenvalue weighted by Crippen LogP contribution is 2.38. The minimum Gasteiger partial charge on any atom is -0.265 e. The summed E-state index contributed by atoms with van der Waals surface area (Å²) in [5.41, 5.74) is 6.70. The molecule has 5 rings (SSSR count). The van der Waals surface area contributed by atoms with Gasteiger partial charge in [-0.25, -0.2) is 9.37 Å². The average molecular weight is 380 g/mol. The SMILES string of the molecule is Fc1ccc(-c2nc3[nH]ncc3c(Cc3ccccc3)c2-c2ccncc2)cc1. The first-order chi connectivity index (χ1) is 14.3. The lowest BCUT2D eigenvalue weighted by Crippen LogP contribution is -2.00. The Morgan fingerprint density at radius 1 is 0.828 bits per heavy atom. The van der Waals surface area contributed by atoms with Crippen LogP contribution in [0.4, 0.5) is 4.39 Å². The first-order valence-corrected chi connectivity index (χ1v) is 9.36. The van der Waals surface area contributed by atoms with Crippen LogP contribution in [-0.4, -0.2) is 20.2 Å². The van der Waals surface area contributed by atoms with Gasteiger partial charge in [0.25, 0.3) is 0 Å². The Kier molecular flexibility index (Phi) is 4.33. The van der Waals surface area contributed by atoms with Gasteiger partial charge in [-0.2, -0.15) is 5.10 Å². The van der Waals surface area contributed by atoms with E-state index in [-0.39, 0.29) is 5.82 Å². The largest absolute Gasteiger partial charge is 0.265 e. The summed E-state index contributed by atoms with van der Waals surface area (Å²) < 4.78 is 13.6. The minimum atomic E-state index is -0.272. The molecule has 0 aliphatic rings. The Morgan fingerprint density at radius 3 is 2.34 bits per heavy atom. The highest BCUT2D eigenvalue weighted by Gasteiger charge is 2.19. The number of fused-ring (bicyclic) bond motifs is 1. The van der Waals surface area contributed by atoms with Gasteiger partial charge in [0, 0.05) is 28.9 Å². The van der Waals surface area contributed by atoms with Crippen molar-refractivity contribution < 1.29 is 4.39 Å². The van der Waals surface area contributed by atoms with Gasteiger partial charge < -0.3 is 0 Å². The summed E-state index contributed by atoms with van der Waals surface area (Å²) in [6.45, 7) is 0. The normalized spacial score (nSPS) is 11.1. The highest BCUT2D eigenvalue weighted by atomic mass is 19.1. The quantitative estimate of drug-likeness (QED) is 0.453. The molecule has 140 valence electrons. The van der Waals surface area contributed by atoms with Gasteiger partial charge in [-0.15, -0.1) is 0 Å². The molecule has 29 heavy (non-hydrogen) atoms. The third kappa shape index (κ3) is 3.27. The maximum Gasteiger partial charge on any atom is 0.156 e. The van der Waals surface area contributed by atoms with Crippen LogP contribution in [0.3, 0.4) is 0 Å². The maximum atomic E-state index is 13.6. The summed E-state index contributed by atoms with van der Waals surface area (Å²) in [6.07, 6.45) is 6.09. The number of rotatable bonds is 4. The number of aromatic nitrogens is 4. The second-order valence-corrected chi connectivity index (χ2v) is 6.85. The van der Waals surface area contributed by atoms with Gasteiger partial charge in [-0.3, -0.25) is 10.1 Å². The number of nitrogens with one attached hydrogen (secondary N) is 1. The second kappa shape index (κ2) is 7.28. The van der Waals surface area contributed by atoms with Crippen molar-refractivity contribution in [1.82, 2.24) is 20.2 Å². The van der Waals surface area contributed by atoms with Crippen molar-refractivity contribution in [2.24, 2.45) is 0 Å². The molecule has 0 atom stereocenters. The monoisotopic (exact) mass is 380 g/mol. The molecule has 0 aliphatic heterocycles. The van der Waals surface area contributed by atoms with Crippen LogP contribution in [0.1, 0.15) is 11.1 Å². The lowest BCUT2D eigenvalue weighted by molar-refractivity contribution is 0.628. The van der Waals surface area contributed by atoms with Crippen molar-refractivity contribution in [3.05, 3.63) is 102 Å². The second-order valence-electron chi connectivity index (χ2n) is 6.85. The van der Waals surface area contributed by atoms with Crippen molar-refractivity contribution in [1.29, 1.82) is 0 Å². The van der Waals surface area contributed by atoms with Crippen molar-refractivity contribution in [3.8, 4) is 22.4 Å². The van der Waals surface area contributed by atoms with Gasteiger partial charge in [0.1, 0.15) is 5.82 Å². The van der Waals surface area contributed by atoms with Gasteiger partial charge in [0.2, 0.25) is 0 Å². The molecular weight excluding hydrogens is 363 g/mol. The minimum absolute atomic E-state index is 0.272. The Hall–Kier alpha value is -3.86. The lowest BCUT2D eigenvalue weighted by Gasteiger charge is -2.16. The van der Waals surface area contributed by atoms with E-state index in [0.29, 0.717) is 5.65 Å². The molecule has 5 aromatic rings. The van der Waals surface area contributed by atoms with Crippen molar-refractivity contribution >= 4 is 11.0 Å². The summed E-state index contributed by atoms with van der Waals surface area (Å²) in [7, 11) is 0. The topological polar surface area (TPSA) is 54.5 Å². The Morgan fingerprint density at radius 2 is 1.59 bits per heavy atom. The molecule has 0 saturated heterocycles. The van der Waals surface area contributed by atoms with E-state index < -0.39 is 0 Å². The average Bonchev–Trinajstić information content (AvgIpc) is 3.24. The van der Waals surface area contributed by atoms with Crippen LogP contribution in [-0.2, 0) is 6.42 Å². The standard InChI is InChI=1S/C24H17FN4/c25-19-8-6-18(7-9-19)23-22(17-10-12-26-13-11-17)20(14-16-4-2-1-3-5-16)21-15-27-29-24(21)28-23/h1-13,15H,14H2,(H,27,28,29). The molecule has 0 spiro atoms. The number of H-pyrrole nitrogens is 1. The first-order valence-electron chi connectivity index (χ1n) is 9.36. The van der Waals surface area contributed by atoms with E-state index in [9.17, 15) is 4.39 Å². The number of benzene rings is 2.